The highest BCUT2D eigenvalue weighted by molar-refractivity contribution is 5.40. The summed E-state index contributed by atoms with van der Waals surface area (Å²) in [6.45, 7) is -1.15. The molecule has 124 valence electrons. The van der Waals surface area contributed by atoms with Crippen molar-refractivity contribution in [1.29, 1.82) is 0 Å². The minimum absolute atomic E-state index is 0.169. The summed E-state index contributed by atoms with van der Waals surface area (Å²) in [7, 11) is 1.49. The second-order valence-corrected chi connectivity index (χ2v) is 5.48. The van der Waals surface area contributed by atoms with Crippen LogP contribution in [0.25, 0.3) is 0 Å². The summed E-state index contributed by atoms with van der Waals surface area (Å²) in [6, 6.07) is 5.43. The number of benzene rings is 1. The van der Waals surface area contributed by atoms with Crippen LogP contribution < -0.4 is 9.47 Å². The van der Waals surface area contributed by atoms with Gasteiger partial charge in [-0.15, -0.1) is 0 Å². The third-order valence-corrected chi connectivity index (χ3v) is 4.06. The van der Waals surface area contributed by atoms with E-state index in [4.69, 9.17) is 9.84 Å². The van der Waals surface area contributed by atoms with Gasteiger partial charge >= 0.3 is 6.61 Å². The Kier molecular flexibility index (Phi) is 6.39. The number of aliphatic hydroxyl groups excluding tert-OH is 1. The van der Waals surface area contributed by atoms with E-state index in [1.165, 1.54) is 13.2 Å². The Hall–Kier alpha value is -1.40. The average molecular weight is 315 g/mol. The second-order valence-electron chi connectivity index (χ2n) is 5.48. The summed E-state index contributed by atoms with van der Waals surface area (Å²) in [4.78, 5) is 2.27. The zero-order valence-electron chi connectivity index (χ0n) is 12.8. The van der Waals surface area contributed by atoms with E-state index in [2.05, 4.69) is 9.64 Å². The van der Waals surface area contributed by atoms with Crippen molar-refractivity contribution in [2.75, 3.05) is 20.3 Å². The van der Waals surface area contributed by atoms with Crippen LogP contribution in [0.3, 0.4) is 0 Å². The highest BCUT2D eigenvalue weighted by Gasteiger charge is 2.25. The maximum Gasteiger partial charge on any atom is 0.387 e. The Morgan fingerprint density at radius 3 is 2.91 bits per heavy atom. The quantitative estimate of drug-likeness (QED) is 0.801. The van der Waals surface area contributed by atoms with Crippen molar-refractivity contribution in [3.63, 3.8) is 0 Å². The molecule has 0 aromatic heterocycles. The summed E-state index contributed by atoms with van der Waals surface area (Å²) in [5.41, 5.74) is 0.733. The number of aliphatic hydroxyl groups is 1. The molecule has 0 bridgehead atoms. The molecule has 1 aromatic carbocycles. The molecule has 2 rings (SSSR count). The summed E-state index contributed by atoms with van der Waals surface area (Å²) >= 11 is 0. The van der Waals surface area contributed by atoms with Gasteiger partial charge in [-0.1, -0.05) is 6.07 Å². The van der Waals surface area contributed by atoms with E-state index >= 15 is 0 Å². The van der Waals surface area contributed by atoms with E-state index in [9.17, 15) is 8.78 Å². The summed E-state index contributed by atoms with van der Waals surface area (Å²) in [5, 5.41) is 8.97. The number of hydrogen-bond donors (Lipinski definition) is 1. The number of nitrogens with zero attached hydrogens (tertiary/aromatic N) is 1. The van der Waals surface area contributed by atoms with Gasteiger partial charge in [-0.2, -0.15) is 8.78 Å². The van der Waals surface area contributed by atoms with Crippen LogP contribution in [0.1, 0.15) is 31.2 Å². The maximum absolute atomic E-state index is 12.6. The molecule has 1 fully saturated rings. The zero-order chi connectivity index (χ0) is 15.9. The fourth-order valence-electron chi connectivity index (χ4n) is 2.97. The van der Waals surface area contributed by atoms with E-state index in [0.717, 1.165) is 37.8 Å². The Labute approximate surface area is 129 Å². The number of hydrogen-bond acceptors (Lipinski definition) is 4. The van der Waals surface area contributed by atoms with Gasteiger partial charge in [0.05, 0.1) is 7.11 Å². The van der Waals surface area contributed by atoms with Crippen molar-refractivity contribution < 1.29 is 23.4 Å². The molecule has 1 aliphatic heterocycles. The molecule has 1 saturated heterocycles. The van der Waals surface area contributed by atoms with Crippen LogP contribution in [0.2, 0.25) is 0 Å². The van der Waals surface area contributed by atoms with Gasteiger partial charge in [0.1, 0.15) is 11.5 Å². The first kappa shape index (κ1) is 17.0. The number of likely N-dealkylation sites (tertiary alicyclic amines) is 1. The first-order valence-electron chi connectivity index (χ1n) is 7.60. The lowest BCUT2D eigenvalue weighted by Gasteiger charge is -2.25. The first-order chi connectivity index (χ1) is 10.6. The molecular weight excluding hydrogens is 292 g/mol. The maximum atomic E-state index is 12.6. The van der Waals surface area contributed by atoms with Gasteiger partial charge in [-0.3, -0.25) is 4.90 Å². The summed E-state index contributed by atoms with van der Waals surface area (Å²) < 4.78 is 34.9. The van der Waals surface area contributed by atoms with E-state index in [0.29, 0.717) is 18.3 Å². The highest BCUT2D eigenvalue weighted by atomic mass is 19.3. The SMILES string of the molecule is COc1ccc(CN2CCCC2CCCO)c(OC(F)F)c1. The number of rotatable bonds is 8. The normalized spacial score (nSPS) is 18.9. The van der Waals surface area contributed by atoms with E-state index < -0.39 is 6.61 Å². The fraction of sp³-hybridized carbons (Fsp3) is 0.625. The molecule has 1 heterocycles. The van der Waals surface area contributed by atoms with Gasteiger partial charge in [0.25, 0.3) is 0 Å². The largest absolute Gasteiger partial charge is 0.497 e. The molecule has 6 heteroatoms. The minimum atomic E-state index is -2.85. The van der Waals surface area contributed by atoms with Crippen molar-refractivity contribution in [2.24, 2.45) is 0 Å². The Morgan fingerprint density at radius 1 is 1.41 bits per heavy atom. The zero-order valence-corrected chi connectivity index (χ0v) is 12.8. The second kappa shape index (κ2) is 8.29. The van der Waals surface area contributed by atoms with Crippen molar-refractivity contribution >= 4 is 0 Å². The number of ether oxygens (including phenoxy) is 2. The Balaban J connectivity index is 2.10. The molecule has 1 aliphatic rings. The van der Waals surface area contributed by atoms with Gasteiger partial charge in [-0.05, 0) is 38.3 Å². The third kappa shape index (κ3) is 4.55. The van der Waals surface area contributed by atoms with Crippen LogP contribution >= 0.6 is 0 Å². The molecule has 4 nitrogen and oxygen atoms in total. The van der Waals surface area contributed by atoms with Gasteiger partial charge in [0.15, 0.2) is 0 Å². The fourth-order valence-corrected chi connectivity index (χ4v) is 2.97. The number of alkyl halides is 2. The van der Waals surface area contributed by atoms with Crippen LogP contribution in [0.4, 0.5) is 8.78 Å². The molecule has 0 amide bonds. The molecule has 0 radical (unpaired) electrons. The Bertz CT molecular complexity index is 471. The Morgan fingerprint density at radius 2 is 2.23 bits per heavy atom. The van der Waals surface area contributed by atoms with Crippen molar-refractivity contribution in [1.82, 2.24) is 4.90 Å². The lowest BCUT2D eigenvalue weighted by molar-refractivity contribution is -0.0509. The predicted octanol–water partition coefficient (Wildman–Crippen LogP) is 3.03. The molecule has 1 unspecified atom stereocenters. The monoisotopic (exact) mass is 315 g/mol. The van der Waals surface area contributed by atoms with Gasteiger partial charge in [0.2, 0.25) is 0 Å². The standard InChI is InChI=1S/C16H23F2NO3/c1-21-14-7-6-12(15(10-14)22-16(17)18)11-19-8-2-4-13(19)5-3-9-20/h6-7,10,13,16,20H,2-5,8-9,11H2,1H3. The number of halogens is 2. The van der Waals surface area contributed by atoms with E-state index in [1.54, 1.807) is 12.1 Å². The minimum Gasteiger partial charge on any atom is -0.497 e. The molecule has 22 heavy (non-hydrogen) atoms. The lowest BCUT2D eigenvalue weighted by atomic mass is 10.1. The number of methoxy groups -OCH3 is 1. The van der Waals surface area contributed by atoms with Crippen LogP contribution in [-0.2, 0) is 6.54 Å². The molecular formula is C16H23F2NO3. The van der Waals surface area contributed by atoms with E-state index in [1.807, 2.05) is 0 Å². The summed E-state index contributed by atoms with van der Waals surface area (Å²) in [5.74, 6) is 0.666. The first-order valence-corrected chi connectivity index (χ1v) is 7.60. The molecule has 1 aromatic rings. The molecule has 0 saturated carbocycles. The van der Waals surface area contributed by atoms with Crippen molar-refractivity contribution in [3.8, 4) is 11.5 Å². The summed E-state index contributed by atoms with van der Waals surface area (Å²) in [6.07, 6.45) is 3.88. The van der Waals surface area contributed by atoms with Crippen LogP contribution in [0.5, 0.6) is 11.5 Å². The lowest BCUT2D eigenvalue weighted by Crippen LogP contribution is -2.29. The van der Waals surface area contributed by atoms with Gasteiger partial charge < -0.3 is 14.6 Å². The molecule has 1 N–H and O–H groups in total. The van der Waals surface area contributed by atoms with Crippen molar-refractivity contribution in [2.45, 2.75) is 44.9 Å². The molecule has 1 atom stereocenters. The highest BCUT2D eigenvalue weighted by Crippen LogP contribution is 2.30. The van der Waals surface area contributed by atoms with Crippen molar-refractivity contribution in [3.05, 3.63) is 23.8 Å². The third-order valence-electron chi connectivity index (χ3n) is 4.06. The molecule has 0 aliphatic carbocycles. The average Bonchev–Trinajstić information content (AvgIpc) is 2.93. The predicted molar refractivity (Wildman–Crippen MR) is 79.4 cm³/mol. The van der Waals surface area contributed by atoms with Crippen LogP contribution in [0, 0.1) is 0 Å². The van der Waals surface area contributed by atoms with Crippen LogP contribution in [0.15, 0.2) is 18.2 Å². The molecule has 0 spiro atoms. The topological polar surface area (TPSA) is 41.9 Å². The van der Waals surface area contributed by atoms with Gasteiger partial charge in [0, 0.05) is 30.8 Å². The smallest absolute Gasteiger partial charge is 0.387 e. The van der Waals surface area contributed by atoms with Crippen LogP contribution in [-0.4, -0.2) is 42.9 Å². The van der Waals surface area contributed by atoms with E-state index in [-0.39, 0.29) is 12.4 Å². The van der Waals surface area contributed by atoms with Gasteiger partial charge in [-0.25, -0.2) is 0 Å².